The molecule has 2 rings (SSSR count). The van der Waals surface area contributed by atoms with Crippen LogP contribution in [0.3, 0.4) is 0 Å². The highest BCUT2D eigenvalue weighted by Crippen LogP contribution is 2.31. The van der Waals surface area contributed by atoms with Crippen LogP contribution in [0.1, 0.15) is 70.6 Å². The highest BCUT2D eigenvalue weighted by atomic mass is 16.6. The summed E-state index contributed by atoms with van der Waals surface area (Å²) < 4.78 is 5.70. The Bertz CT molecular complexity index is 209. The van der Waals surface area contributed by atoms with E-state index < -0.39 is 0 Å². The Morgan fingerprint density at radius 1 is 0.625 bits per heavy atom. The molecular weight excluding hydrogens is 196 g/mol. The molecule has 92 valence electrons. The molecule has 1 aliphatic carbocycles. The average Bonchev–Trinajstić information content (AvgIpc) is 3.02. The molecule has 2 atom stereocenters. The molecule has 2 unspecified atom stereocenters. The summed E-state index contributed by atoms with van der Waals surface area (Å²) in [7, 11) is 0. The van der Waals surface area contributed by atoms with Gasteiger partial charge in [-0.05, 0) is 38.5 Å². The fraction of sp³-hybridized carbons (Fsp3) is 0.867. The SMILES string of the molecule is C1=C\CCCCC2OC2CCCCCCC/1. The molecule has 1 heterocycles. The van der Waals surface area contributed by atoms with Gasteiger partial charge in [0, 0.05) is 0 Å². The molecule has 0 amide bonds. The highest BCUT2D eigenvalue weighted by Gasteiger charge is 2.36. The van der Waals surface area contributed by atoms with Crippen molar-refractivity contribution in [2.75, 3.05) is 0 Å². The van der Waals surface area contributed by atoms with Gasteiger partial charge in [0.05, 0.1) is 12.2 Å². The smallest absolute Gasteiger partial charge is 0.0841 e. The first-order valence-corrected chi connectivity index (χ1v) is 7.27. The normalized spacial score (nSPS) is 35.5. The molecule has 0 aromatic heterocycles. The molecule has 0 aromatic rings. The lowest BCUT2D eigenvalue weighted by Gasteiger charge is -1.98. The van der Waals surface area contributed by atoms with Crippen molar-refractivity contribution in [1.29, 1.82) is 0 Å². The van der Waals surface area contributed by atoms with Crippen molar-refractivity contribution >= 4 is 0 Å². The minimum atomic E-state index is 0.633. The quantitative estimate of drug-likeness (QED) is 0.430. The van der Waals surface area contributed by atoms with Crippen molar-refractivity contribution in [1.82, 2.24) is 0 Å². The summed E-state index contributed by atoms with van der Waals surface area (Å²) in [6, 6.07) is 0. The van der Waals surface area contributed by atoms with Gasteiger partial charge in [-0.15, -0.1) is 0 Å². The predicted octanol–water partition coefficient (Wildman–Crippen LogP) is 4.61. The number of fused-ring (bicyclic) bond motifs is 1. The second-order valence-corrected chi connectivity index (χ2v) is 5.31. The Kier molecular flexibility index (Phi) is 5.41. The molecule has 0 N–H and O–H groups in total. The largest absolute Gasteiger partial charge is 0.370 e. The standard InChI is InChI=1S/C15H26O/c1-2-4-6-8-10-12-14-15(16-14)13-11-9-7-5-3-1/h2,4,14-15H,1,3,5-13H2/b4-2-. The fourth-order valence-corrected chi connectivity index (χ4v) is 2.67. The number of rotatable bonds is 0. The predicted molar refractivity (Wildman–Crippen MR) is 68.6 cm³/mol. The van der Waals surface area contributed by atoms with Crippen LogP contribution in [-0.4, -0.2) is 12.2 Å². The zero-order valence-electron chi connectivity index (χ0n) is 10.5. The molecule has 16 heavy (non-hydrogen) atoms. The van der Waals surface area contributed by atoms with Crippen molar-refractivity contribution in [3.05, 3.63) is 12.2 Å². The summed E-state index contributed by atoms with van der Waals surface area (Å²) in [6.07, 6.45) is 21.0. The van der Waals surface area contributed by atoms with Crippen LogP contribution in [0.2, 0.25) is 0 Å². The Hall–Kier alpha value is -0.300. The lowest BCUT2D eigenvalue weighted by molar-refractivity contribution is 0.348. The summed E-state index contributed by atoms with van der Waals surface area (Å²) in [5.41, 5.74) is 0. The average molecular weight is 222 g/mol. The van der Waals surface area contributed by atoms with Crippen molar-refractivity contribution in [3.8, 4) is 0 Å². The van der Waals surface area contributed by atoms with Crippen LogP contribution in [0.5, 0.6) is 0 Å². The number of hydrogen-bond donors (Lipinski definition) is 0. The fourth-order valence-electron chi connectivity index (χ4n) is 2.67. The van der Waals surface area contributed by atoms with Gasteiger partial charge in [-0.25, -0.2) is 0 Å². The van der Waals surface area contributed by atoms with Crippen molar-refractivity contribution < 1.29 is 4.74 Å². The Balaban J connectivity index is 1.65. The molecule has 0 saturated carbocycles. The Morgan fingerprint density at radius 3 is 1.88 bits per heavy atom. The second-order valence-electron chi connectivity index (χ2n) is 5.31. The van der Waals surface area contributed by atoms with E-state index in [4.69, 9.17) is 4.74 Å². The van der Waals surface area contributed by atoms with Crippen LogP contribution >= 0.6 is 0 Å². The van der Waals surface area contributed by atoms with Crippen molar-refractivity contribution in [2.45, 2.75) is 82.8 Å². The first-order chi connectivity index (χ1) is 7.97. The monoisotopic (exact) mass is 222 g/mol. The summed E-state index contributed by atoms with van der Waals surface area (Å²) in [6.45, 7) is 0. The number of epoxide rings is 1. The van der Waals surface area contributed by atoms with Gasteiger partial charge in [0.1, 0.15) is 0 Å². The maximum Gasteiger partial charge on any atom is 0.0841 e. The summed E-state index contributed by atoms with van der Waals surface area (Å²) in [5, 5.41) is 0. The summed E-state index contributed by atoms with van der Waals surface area (Å²) >= 11 is 0. The molecule has 0 radical (unpaired) electrons. The second kappa shape index (κ2) is 7.11. The minimum Gasteiger partial charge on any atom is -0.370 e. The van der Waals surface area contributed by atoms with Crippen LogP contribution in [-0.2, 0) is 4.74 Å². The van der Waals surface area contributed by atoms with E-state index in [9.17, 15) is 0 Å². The molecule has 1 heteroatoms. The lowest BCUT2D eigenvalue weighted by atomic mass is 10.1. The van der Waals surface area contributed by atoms with Crippen LogP contribution < -0.4 is 0 Å². The van der Waals surface area contributed by atoms with E-state index in [2.05, 4.69) is 12.2 Å². The molecule has 2 aliphatic rings. The number of allylic oxidation sites excluding steroid dienone is 2. The van der Waals surface area contributed by atoms with Gasteiger partial charge in [0.2, 0.25) is 0 Å². The van der Waals surface area contributed by atoms with Crippen LogP contribution in [0.4, 0.5) is 0 Å². The Morgan fingerprint density at radius 2 is 1.12 bits per heavy atom. The number of hydrogen-bond acceptors (Lipinski definition) is 1. The maximum atomic E-state index is 5.70. The van der Waals surface area contributed by atoms with Gasteiger partial charge in [0.15, 0.2) is 0 Å². The van der Waals surface area contributed by atoms with E-state index in [1.54, 1.807) is 0 Å². The van der Waals surface area contributed by atoms with E-state index in [-0.39, 0.29) is 0 Å². The van der Waals surface area contributed by atoms with E-state index in [0.717, 1.165) is 0 Å². The molecule has 1 aliphatic heterocycles. The summed E-state index contributed by atoms with van der Waals surface area (Å²) in [4.78, 5) is 0. The number of ether oxygens (including phenoxy) is 1. The third-order valence-corrected chi connectivity index (χ3v) is 3.82. The molecule has 0 spiro atoms. The van der Waals surface area contributed by atoms with Gasteiger partial charge in [-0.3, -0.25) is 0 Å². The third kappa shape index (κ3) is 4.69. The van der Waals surface area contributed by atoms with Gasteiger partial charge < -0.3 is 4.74 Å². The minimum absolute atomic E-state index is 0.633. The zero-order valence-corrected chi connectivity index (χ0v) is 10.5. The van der Waals surface area contributed by atoms with Crippen LogP contribution in [0.25, 0.3) is 0 Å². The van der Waals surface area contributed by atoms with Crippen LogP contribution in [0.15, 0.2) is 12.2 Å². The molecule has 1 nitrogen and oxygen atoms in total. The molecular formula is C15H26O. The Labute approximate surface area is 100 Å². The molecule has 1 saturated heterocycles. The van der Waals surface area contributed by atoms with Crippen molar-refractivity contribution in [2.24, 2.45) is 0 Å². The third-order valence-electron chi connectivity index (χ3n) is 3.82. The van der Waals surface area contributed by atoms with Crippen molar-refractivity contribution in [3.63, 3.8) is 0 Å². The van der Waals surface area contributed by atoms with E-state index in [0.29, 0.717) is 12.2 Å². The van der Waals surface area contributed by atoms with E-state index in [1.807, 2.05) is 0 Å². The lowest BCUT2D eigenvalue weighted by Crippen LogP contribution is -1.94. The molecule has 1 fully saturated rings. The van der Waals surface area contributed by atoms with E-state index in [1.165, 1.54) is 70.6 Å². The van der Waals surface area contributed by atoms with Gasteiger partial charge in [0.25, 0.3) is 0 Å². The van der Waals surface area contributed by atoms with Gasteiger partial charge >= 0.3 is 0 Å². The van der Waals surface area contributed by atoms with Gasteiger partial charge in [-0.2, -0.15) is 0 Å². The first kappa shape index (κ1) is 12.2. The summed E-state index contributed by atoms with van der Waals surface area (Å²) in [5.74, 6) is 0. The first-order valence-electron chi connectivity index (χ1n) is 7.27. The zero-order chi connectivity index (χ0) is 11.1. The molecule has 0 bridgehead atoms. The maximum absolute atomic E-state index is 5.70. The highest BCUT2D eigenvalue weighted by molar-refractivity contribution is 4.86. The van der Waals surface area contributed by atoms with Gasteiger partial charge in [-0.1, -0.05) is 44.3 Å². The topological polar surface area (TPSA) is 12.5 Å². The van der Waals surface area contributed by atoms with Crippen LogP contribution in [0, 0.1) is 0 Å². The van der Waals surface area contributed by atoms with E-state index >= 15 is 0 Å². The molecule has 0 aromatic carbocycles.